The summed E-state index contributed by atoms with van der Waals surface area (Å²) in [7, 11) is 0. The van der Waals surface area contributed by atoms with Gasteiger partial charge in [-0.3, -0.25) is 4.79 Å². The Bertz CT molecular complexity index is 638. The Morgan fingerprint density at radius 1 is 1.17 bits per heavy atom. The number of carbonyl (C=O) groups is 1. The lowest BCUT2D eigenvalue weighted by atomic mass is 9.92. The molecule has 2 atom stereocenters. The van der Waals surface area contributed by atoms with E-state index in [2.05, 4.69) is 33.4 Å². The Labute approximate surface area is 146 Å². The van der Waals surface area contributed by atoms with Crippen LogP contribution < -0.4 is 11.1 Å². The average molecular weight is 375 g/mol. The largest absolute Gasteiger partial charge is 0.352 e. The quantitative estimate of drug-likeness (QED) is 0.808. The van der Waals surface area contributed by atoms with Crippen LogP contribution in [0.3, 0.4) is 0 Å². The summed E-state index contributed by atoms with van der Waals surface area (Å²) in [6, 6.07) is 17.8. The van der Waals surface area contributed by atoms with Gasteiger partial charge in [-0.2, -0.15) is 0 Å². The van der Waals surface area contributed by atoms with Crippen LogP contribution in [0.1, 0.15) is 31.4 Å². The standard InChI is InChI=1S/C19H23BrN2O/c1-14(8-9-15-10-12-17(20)13-11-15)22-18(23)19(2,21)16-6-4-3-5-7-16/h3-7,10-14H,8-9,21H2,1-2H3,(H,22,23). The third-order valence-corrected chi connectivity index (χ3v) is 4.53. The SMILES string of the molecule is CC(CCc1ccc(Br)cc1)NC(=O)C(C)(N)c1ccccc1. The van der Waals surface area contributed by atoms with E-state index in [1.54, 1.807) is 6.92 Å². The second kappa shape index (κ2) is 7.75. The van der Waals surface area contributed by atoms with Crippen molar-refractivity contribution in [3.05, 3.63) is 70.2 Å². The second-order valence-electron chi connectivity index (χ2n) is 6.11. The normalized spacial score (nSPS) is 14.8. The maximum absolute atomic E-state index is 12.5. The van der Waals surface area contributed by atoms with Crippen molar-refractivity contribution in [2.75, 3.05) is 0 Å². The first-order valence-corrected chi connectivity index (χ1v) is 8.58. The highest BCUT2D eigenvalue weighted by molar-refractivity contribution is 9.10. The fourth-order valence-corrected chi connectivity index (χ4v) is 2.66. The molecule has 2 rings (SSSR count). The minimum absolute atomic E-state index is 0.0673. The summed E-state index contributed by atoms with van der Waals surface area (Å²) in [5.41, 5.74) is 7.29. The van der Waals surface area contributed by atoms with Crippen molar-refractivity contribution in [3.63, 3.8) is 0 Å². The molecule has 0 bridgehead atoms. The summed E-state index contributed by atoms with van der Waals surface area (Å²) in [4.78, 5) is 12.5. The second-order valence-corrected chi connectivity index (χ2v) is 7.02. The van der Waals surface area contributed by atoms with Gasteiger partial charge in [-0.1, -0.05) is 58.4 Å². The van der Waals surface area contributed by atoms with E-state index in [1.165, 1.54) is 5.56 Å². The van der Waals surface area contributed by atoms with Crippen LogP contribution in [-0.2, 0) is 16.8 Å². The van der Waals surface area contributed by atoms with E-state index < -0.39 is 5.54 Å². The van der Waals surface area contributed by atoms with Gasteiger partial charge in [-0.15, -0.1) is 0 Å². The van der Waals surface area contributed by atoms with Gasteiger partial charge >= 0.3 is 0 Å². The summed E-state index contributed by atoms with van der Waals surface area (Å²) < 4.78 is 1.07. The van der Waals surface area contributed by atoms with Crippen LogP contribution in [0, 0.1) is 0 Å². The van der Waals surface area contributed by atoms with Crippen molar-refractivity contribution in [1.29, 1.82) is 0 Å². The maximum atomic E-state index is 12.5. The lowest BCUT2D eigenvalue weighted by molar-refractivity contribution is -0.126. The molecule has 0 saturated carbocycles. The van der Waals surface area contributed by atoms with Crippen LogP contribution in [0.25, 0.3) is 0 Å². The lowest BCUT2D eigenvalue weighted by Gasteiger charge is -2.26. The summed E-state index contributed by atoms with van der Waals surface area (Å²) in [6.45, 7) is 3.76. The van der Waals surface area contributed by atoms with Crippen LogP contribution in [0.5, 0.6) is 0 Å². The van der Waals surface area contributed by atoms with Gasteiger partial charge in [0.05, 0.1) is 0 Å². The third-order valence-electron chi connectivity index (χ3n) is 4.00. The molecule has 23 heavy (non-hydrogen) atoms. The number of nitrogens with one attached hydrogen (secondary N) is 1. The number of aryl methyl sites for hydroxylation is 1. The minimum atomic E-state index is -1.02. The Hall–Kier alpha value is -1.65. The molecule has 3 nitrogen and oxygen atoms in total. The highest BCUT2D eigenvalue weighted by atomic mass is 79.9. The van der Waals surface area contributed by atoms with Gasteiger partial charge in [0.15, 0.2) is 0 Å². The van der Waals surface area contributed by atoms with E-state index in [0.717, 1.165) is 22.9 Å². The van der Waals surface area contributed by atoms with Crippen molar-refractivity contribution in [3.8, 4) is 0 Å². The Kier molecular flexibility index (Phi) is 5.97. The summed E-state index contributed by atoms with van der Waals surface area (Å²) in [6.07, 6.45) is 1.79. The molecule has 0 fully saturated rings. The third kappa shape index (κ3) is 4.91. The molecule has 3 N–H and O–H groups in total. The highest BCUT2D eigenvalue weighted by Crippen LogP contribution is 2.18. The molecule has 4 heteroatoms. The Morgan fingerprint density at radius 3 is 2.39 bits per heavy atom. The molecule has 0 saturated heterocycles. The summed E-state index contributed by atoms with van der Waals surface area (Å²) >= 11 is 3.43. The van der Waals surface area contributed by atoms with Gasteiger partial charge in [0.25, 0.3) is 0 Å². The molecule has 0 aromatic heterocycles. The molecule has 0 aliphatic heterocycles. The molecule has 0 spiro atoms. The predicted molar refractivity (Wildman–Crippen MR) is 98.0 cm³/mol. The van der Waals surface area contributed by atoms with Gasteiger partial charge < -0.3 is 11.1 Å². The van der Waals surface area contributed by atoms with E-state index in [4.69, 9.17) is 5.73 Å². The zero-order valence-corrected chi connectivity index (χ0v) is 15.1. The molecular formula is C19H23BrN2O. The van der Waals surface area contributed by atoms with Crippen molar-refractivity contribution < 1.29 is 4.79 Å². The molecule has 2 aromatic rings. The van der Waals surface area contributed by atoms with Gasteiger partial charge in [0, 0.05) is 10.5 Å². The Morgan fingerprint density at radius 2 is 1.78 bits per heavy atom. The van der Waals surface area contributed by atoms with Gasteiger partial charge in [0.2, 0.25) is 5.91 Å². The van der Waals surface area contributed by atoms with E-state index in [-0.39, 0.29) is 11.9 Å². The van der Waals surface area contributed by atoms with Crippen molar-refractivity contribution in [1.82, 2.24) is 5.32 Å². The van der Waals surface area contributed by atoms with Crippen molar-refractivity contribution in [2.45, 2.75) is 38.3 Å². The van der Waals surface area contributed by atoms with E-state index in [1.807, 2.05) is 49.4 Å². The summed E-state index contributed by atoms with van der Waals surface area (Å²) in [5, 5.41) is 3.03. The summed E-state index contributed by atoms with van der Waals surface area (Å²) in [5.74, 6) is -0.146. The van der Waals surface area contributed by atoms with Crippen LogP contribution in [-0.4, -0.2) is 11.9 Å². The average Bonchev–Trinajstić information content (AvgIpc) is 2.55. The van der Waals surface area contributed by atoms with Crippen molar-refractivity contribution in [2.24, 2.45) is 5.73 Å². The number of hydrogen-bond acceptors (Lipinski definition) is 2. The predicted octanol–water partition coefficient (Wildman–Crippen LogP) is 3.76. The minimum Gasteiger partial charge on any atom is -0.352 e. The number of nitrogens with two attached hydrogens (primary N) is 1. The first kappa shape index (κ1) is 17.7. The number of halogens is 1. The molecule has 0 aliphatic rings. The Balaban J connectivity index is 1.90. The molecule has 0 heterocycles. The number of amides is 1. The molecule has 1 amide bonds. The molecule has 122 valence electrons. The zero-order chi connectivity index (χ0) is 16.9. The molecule has 0 radical (unpaired) electrons. The van der Waals surface area contributed by atoms with E-state index in [0.29, 0.717) is 0 Å². The number of rotatable bonds is 6. The fraction of sp³-hybridized carbons (Fsp3) is 0.316. The topological polar surface area (TPSA) is 55.1 Å². The smallest absolute Gasteiger partial charge is 0.244 e. The fourth-order valence-electron chi connectivity index (χ4n) is 2.40. The first-order valence-electron chi connectivity index (χ1n) is 7.79. The molecular weight excluding hydrogens is 352 g/mol. The molecule has 2 unspecified atom stereocenters. The zero-order valence-electron chi connectivity index (χ0n) is 13.6. The van der Waals surface area contributed by atoms with E-state index >= 15 is 0 Å². The maximum Gasteiger partial charge on any atom is 0.244 e. The first-order chi connectivity index (χ1) is 10.9. The van der Waals surface area contributed by atoms with Gasteiger partial charge in [-0.05, 0) is 49.9 Å². The number of benzene rings is 2. The van der Waals surface area contributed by atoms with Gasteiger partial charge in [0.1, 0.15) is 5.54 Å². The lowest BCUT2D eigenvalue weighted by Crippen LogP contribution is -2.51. The number of hydrogen-bond donors (Lipinski definition) is 2. The molecule has 0 aliphatic carbocycles. The van der Waals surface area contributed by atoms with Crippen LogP contribution in [0.4, 0.5) is 0 Å². The van der Waals surface area contributed by atoms with Crippen LogP contribution >= 0.6 is 15.9 Å². The van der Waals surface area contributed by atoms with E-state index in [9.17, 15) is 4.79 Å². The van der Waals surface area contributed by atoms with Crippen LogP contribution in [0.2, 0.25) is 0 Å². The monoisotopic (exact) mass is 374 g/mol. The molecule has 2 aromatic carbocycles. The number of carbonyl (C=O) groups excluding carboxylic acids is 1. The van der Waals surface area contributed by atoms with Crippen molar-refractivity contribution >= 4 is 21.8 Å². The highest BCUT2D eigenvalue weighted by Gasteiger charge is 2.30. The van der Waals surface area contributed by atoms with Gasteiger partial charge in [-0.25, -0.2) is 0 Å². The van der Waals surface area contributed by atoms with Crippen LogP contribution in [0.15, 0.2) is 59.1 Å².